The first-order valence-corrected chi connectivity index (χ1v) is 11.4. The monoisotopic (exact) mass is 478 g/mol. The van der Waals surface area contributed by atoms with Crippen LogP contribution in [0.15, 0.2) is 77.6 Å². The molecule has 0 bridgehead atoms. The normalized spacial score (nSPS) is 12.1. The molecule has 3 aromatic carbocycles. The molecule has 6 heteroatoms. The van der Waals surface area contributed by atoms with Crippen molar-refractivity contribution >= 4 is 11.6 Å². The van der Waals surface area contributed by atoms with E-state index in [0.29, 0.717) is 33.1 Å². The molecule has 1 aromatic heterocycles. The standard InChI is InChI=1S/C28H25ClF2N2O/c1-17-21(15-26(32)19-9-4-3-5-10-19)28(34)27(20-11-6-7-12-23(20)29)18(2)33(17)16-22-24(30)13-8-14-25(22)31/h3-14,26H,15-16,32H2,1-2H3. The van der Waals surface area contributed by atoms with Crippen LogP contribution in [0.1, 0.15) is 34.1 Å². The second-order valence-electron chi connectivity index (χ2n) is 8.34. The van der Waals surface area contributed by atoms with Crippen LogP contribution in [-0.2, 0) is 13.0 Å². The molecule has 34 heavy (non-hydrogen) atoms. The number of hydrogen-bond donors (Lipinski definition) is 1. The van der Waals surface area contributed by atoms with Gasteiger partial charge in [0.05, 0.1) is 12.1 Å². The van der Waals surface area contributed by atoms with Crippen molar-refractivity contribution in [3.05, 3.63) is 128 Å². The smallest absolute Gasteiger partial charge is 0.193 e. The molecular weight excluding hydrogens is 454 g/mol. The lowest BCUT2D eigenvalue weighted by Gasteiger charge is -2.23. The summed E-state index contributed by atoms with van der Waals surface area (Å²) in [6.07, 6.45) is 0.270. The first-order valence-electron chi connectivity index (χ1n) is 11.0. The van der Waals surface area contributed by atoms with Crippen LogP contribution < -0.4 is 11.2 Å². The number of aromatic nitrogens is 1. The summed E-state index contributed by atoms with van der Waals surface area (Å²) in [5.41, 5.74) is 9.79. The highest BCUT2D eigenvalue weighted by molar-refractivity contribution is 6.33. The summed E-state index contributed by atoms with van der Waals surface area (Å²) >= 11 is 6.47. The molecule has 174 valence electrons. The number of benzene rings is 3. The number of halogens is 3. The Labute approximate surface area is 202 Å². The summed E-state index contributed by atoms with van der Waals surface area (Å²) in [7, 11) is 0. The van der Waals surface area contributed by atoms with Crippen LogP contribution in [0.4, 0.5) is 8.78 Å². The highest BCUT2D eigenvalue weighted by Crippen LogP contribution is 2.31. The van der Waals surface area contributed by atoms with Gasteiger partial charge in [0.2, 0.25) is 0 Å². The summed E-state index contributed by atoms with van der Waals surface area (Å²) < 4.78 is 30.9. The maximum Gasteiger partial charge on any atom is 0.193 e. The maximum atomic E-state index is 14.5. The second-order valence-corrected chi connectivity index (χ2v) is 8.75. The van der Waals surface area contributed by atoms with Crippen LogP contribution in [-0.4, -0.2) is 4.57 Å². The fourth-order valence-corrected chi connectivity index (χ4v) is 4.60. The van der Waals surface area contributed by atoms with Crippen LogP contribution in [0, 0.1) is 25.5 Å². The van der Waals surface area contributed by atoms with E-state index in [2.05, 4.69) is 0 Å². The van der Waals surface area contributed by atoms with Crippen molar-refractivity contribution in [2.75, 3.05) is 0 Å². The van der Waals surface area contributed by atoms with Crippen LogP contribution in [0.5, 0.6) is 0 Å². The number of hydrogen-bond acceptors (Lipinski definition) is 2. The summed E-state index contributed by atoms with van der Waals surface area (Å²) in [6, 6.07) is 20.0. The minimum Gasteiger partial charge on any atom is -0.343 e. The molecule has 0 aliphatic rings. The predicted molar refractivity (Wildman–Crippen MR) is 133 cm³/mol. The molecule has 1 heterocycles. The van der Waals surface area contributed by atoms with Crippen molar-refractivity contribution in [3.8, 4) is 11.1 Å². The molecule has 0 saturated heterocycles. The lowest BCUT2D eigenvalue weighted by molar-refractivity contribution is 0.538. The average Bonchev–Trinajstić information content (AvgIpc) is 2.83. The Morgan fingerprint density at radius 1 is 0.853 bits per heavy atom. The number of nitrogens with zero attached hydrogens (tertiary/aromatic N) is 1. The highest BCUT2D eigenvalue weighted by atomic mass is 35.5. The third-order valence-corrected chi connectivity index (χ3v) is 6.61. The number of rotatable bonds is 6. The summed E-state index contributed by atoms with van der Waals surface area (Å²) in [6.45, 7) is 3.49. The van der Waals surface area contributed by atoms with Crippen molar-refractivity contribution in [1.82, 2.24) is 4.57 Å². The Kier molecular flexibility index (Phi) is 6.96. The van der Waals surface area contributed by atoms with Gasteiger partial charge in [0.15, 0.2) is 5.43 Å². The maximum absolute atomic E-state index is 14.5. The van der Waals surface area contributed by atoms with Crippen molar-refractivity contribution in [1.29, 1.82) is 0 Å². The lowest BCUT2D eigenvalue weighted by atomic mass is 9.93. The quantitative estimate of drug-likeness (QED) is 0.351. The SMILES string of the molecule is Cc1c(CC(N)c2ccccc2)c(=O)c(-c2ccccc2Cl)c(C)n1Cc1c(F)cccc1F. The molecule has 0 aliphatic carbocycles. The minimum atomic E-state index is -0.640. The second kappa shape index (κ2) is 9.92. The third kappa shape index (κ3) is 4.54. The van der Waals surface area contributed by atoms with Gasteiger partial charge >= 0.3 is 0 Å². The third-order valence-electron chi connectivity index (χ3n) is 6.28. The van der Waals surface area contributed by atoms with Gasteiger partial charge in [-0.1, -0.05) is 66.2 Å². The van der Waals surface area contributed by atoms with Crippen molar-refractivity contribution < 1.29 is 8.78 Å². The van der Waals surface area contributed by atoms with E-state index in [1.807, 2.05) is 30.3 Å². The molecule has 1 atom stereocenters. The molecule has 0 spiro atoms. The van der Waals surface area contributed by atoms with E-state index in [0.717, 1.165) is 5.56 Å². The Bertz CT molecular complexity index is 1380. The molecule has 0 fully saturated rings. The Morgan fingerprint density at radius 2 is 1.47 bits per heavy atom. The summed E-state index contributed by atoms with van der Waals surface area (Å²) in [4.78, 5) is 13.8. The van der Waals surface area contributed by atoms with Crippen molar-refractivity contribution in [2.24, 2.45) is 5.73 Å². The first kappa shape index (κ1) is 23.9. The van der Waals surface area contributed by atoms with Gasteiger partial charge < -0.3 is 10.3 Å². The highest BCUT2D eigenvalue weighted by Gasteiger charge is 2.23. The van der Waals surface area contributed by atoms with Crippen LogP contribution in [0.3, 0.4) is 0 Å². The first-order chi connectivity index (χ1) is 16.3. The predicted octanol–water partition coefficient (Wildman–Crippen LogP) is 6.35. The largest absolute Gasteiger partial charge is 0.343 e. The fourth-order valence-electron chi connectivity index (χ4n) is 4.37. The average molecular weight is 479 g/mol. The molecule has 0 aliphatic heterocycles. The molecule has 3 nitrogen and oxygen atoms in total. The van der Waals surface area contributed by atoms with Gasteiger partial charge in [-0.25, -0.2) is 8.78 Å². The lowest BCUT2D eigenvalue weighted by Crippen LogP contribution is -2.27. The van der Waals surface area contributed by atoms with Gasteiger partial charge in [0.1, 0.15) is 11.6 Å². The van der Waals surface area contributed by atoms with Crippen molar-refractivity contribution in [3.63, 3.8) is 0 Å². The Morgan fingerprint density at radius 3 is 2.12 bits per heavy atom. The summed E-state index contributed by atoms with van der Waals surface area (Å²) in [5, 5.41) is 0.425. The van der Waals surface area contributed by atoms with E-state index in [9.17, 15) is 13.6 Å². The zero-order valence-corrected chi connectivity index (χ0v) is 19.7. The van der Waals surface area contributed by atoms with Crippen LogP contribution in [0.2, 0.25) is 5.02 Å². The number of nitrogens with two attached hydrogens (primary N) is 1. The van der Waals surface area contributed by atoms with Gasteiger partial charge in [-0.2, -0.15) is 0 Å². The van der Waals surface area contributed by atoms with E-state index in [1.54, 1.807) is 42.7 Å². The minimum absolute atomic E-state index is 0.0680. The van der Waals surface area contributed by atoms with Crippen molar-refractivity contribution in [2.45, 2.75) is 32.9 Å². The number of pyridine rings is 1. The van der Waals surface area contributed by atoms with Crippen LogP contribution in [0.25, 0.3) is 11.1 Å². The molecule has 4 rings (SSSR count). The molecule has 2 N–H and O–H groups in total. The summed E-state index contributed by atoms with van der Waals surface area (Å²) in [5.74, 6) is -1.28. The molecule has 0 amide bonds. The molecule has 0 saturated carbocycles. The molecule has 1 unspecified atom stereocenters. The molecular formula is C28H25ClF2N2O. The Hall–Kier alpha value is -3.28. The zero-order chi connectivity index (χ0) is 24.4. The van der Waals surface area contributed by atoms with E-state index in [-0.39, 0.29) is 24.0 Å². The van der Waals surface area contributed by atoms with Crippen LogP contribution >= 0.6 is 11.6 Å². The topological polar surface area (TPSA) is 48.0 Å². The van der Waals surface area contributed by atoms with E-state index in [1.165, 1.54) is 18.2 Å². The van der Waals surface area contributed by atoms with Gasteiger partial charge in [-0.05, 0) is 44.0 Å². The van der Waals surface area contributed by atoms with Gasteiger partial charge in [0, 0.05) is 39.1 Å². The van der Waals surface area contributed by atoms with E-state index < -0.39 is 17.7 Å². The van der Waals surface area contributed by atoms with Gasteiger partial charge in [-0.15, -0.1) is 0 Å². The zero-order valence-electron chi connectivity index (χ0n) is 19.0. The Balaban J connectivity index is 1.94. The van der Waals surface area contributed by atoms with E-state index in [4.69, 9.17) is 17.3 Å². The molecule has 4 aromatic rings. The van der Waals surface area contributed by atoms with Gasteiger partial charge in [0.25, 0.3) is 0 Å². The van der Waals surface area contributed by atoms with E-state index >= 15 is 0 Å². The molecule has 0 radical (unpaired) electrons. The van der Waals surface area contributed by atoms with Gasteiger partial charge in [-0.3, -0.25) is 4.79 Å². The fraction of sp³-hybridized carbons (Fsp3) is 0.179.